The van der Waals surface area contributed by atoms with Gasteiger partial charge in [-0.05, 0) is 36.4 Å². The molecule has 0 aliphatic carbocycles. The summed E-state index contributed by atoms with van der Waals surface area (Å²) in [5.74, 6) is 0.608. The minimum atomic E-state index is 0.0576. The molecule has 2 heterocycles. The van der Waals surface area contributed by atoms with Gasteiger partial charge in [-0.15, -0.1) is 11.3 Å². The fourth-order valence-electron chi connectivity index (χ4n) is 1.85. The highest BCUT2D eigenvalue weighted by Gasteiger charge is 2.14. The van der Waals surface area contributed by atoms with Crippen molar-refractivity contribution in [2.24, 2.45) is 0 Å². The lowest BCUT2D eigenvalue weighted by Gasteiger charge is -2.11. The molecule has 1 unspecified atom stereocenters. The van der Waals surface area contributed by atoms with Gasteiger partial charge in [0.2, 0.25) is 5.95 Å². The Labute approximate surface area is 120 Å². The van der Waals surface area contributed by atoms with Crippen molar-refractivity contribution >= 4 is 17.3 Å². The van der Waals surface area contributed by atoms with Crippen molar-refractivity contribution in [2.75, 3.05) is 5.32 Å². The largest absolute Gasteiger partial charge is 0.344 e. The molecule has 1 N–H and O–H groups in total. The first-order chi connectivity index (χ1) is 9.74. The molecule has 0 bridgehead atoms. The van der Waals surface area contributed by atoms with Crippen LogP contribution in [0.5, 0.6) is 0 Å². The van der Waals surface area contributed by atoms with Gasteiger partial charge in [0.15, 0.2) is 0 Å². The molecule has 0 fully saturated rings. The molecule has 7 heteroatoms. The molecule has 0 aliphatic rings. The third kappa shape index (κ3) is 2.53. The Morgan fingerprint density at radius 2 is 2.05 bits per heavy atom. The number of nitrogens with one attached hydrogen (secondary N) is 1. The summed E-state index contributed by atoms with van der Waals surface area (Å²) in [4.78, 5) is 5.57. The summed E-state index contributed by atoms with van der Waals surface area (Å²) in [6.45, 7) is 4.09. The molecular weight excluding hydrogens is 272 g/mol. The lowest BCUT2D eigenvalue weighted by molar-refractivity contribution is 0.779. The van der Waals surface area contributed by atoms with Gasteiger partial charge >= 0.3 is 0 Å². The van der Waals surface area contributed by atoms with E-state index < -0.39 is 0 Å². The summed E-state index contributed by atoms with van der Waals surface area (Å²) in [7, 11) is 0. The van der Waals surface area contributed by atoms with Crippen molar-refractivity contribution in [3.8, 4) is 5.69 Å². The molecule has 0 aliphatic heterocycles. The Bertz CT molecular complexity index is 690. The highest BCUT2D eigenvalue weighted by Crippen LogP contribution is 2.22. The van der Waals surface area contributed by atoms with Crippen molar-refractivity contribution < 1.29 is 0 Å². The molecule has 0 saturated carbocycles. The van der Waals surface area contributed by atoms with Crippen LogP contribution in [0.25, 0.3) is 5.69 Å². The lowest BCUT2D eigenvalue weighted by Crippen LogP contribution is -2.11. The summed E-state index contributed by atoms with van der Waals surface area (Å²) in [6, 6.07) is 9.84. The topological polar surface area (TPSA) is 68.5 Å². The van der Waals surface area contributed by atoms with Crippen LogP contribution in [0.1, 0.15) is 22.9 Å². The smallest absolute Gasteiger partial charge is 0.248 e. The van der Waals surface area contributed by atoms with E-state index in [0.717, 1.165) is 10.7 Å². The standard InChI is InChI=1S/C13H14N6S/c1-9-8-14-12(20-9)10(2)15-13-16-17-18-19(13)11-6-4-3-5-7-11/h3-8,10H,1-2H3,(H,15,16,18). The molecule has 1 aromatic carbocycles. The molecule has 1 atom stereocenters. The zero-order valence-electron chi connectivity index (χ0n) is 11.2. The van der Waals surface area contributed by atoms with Gasteiger partial charge in [-0.3, -0.25) is 0 Å². The van der Waals surface area contributed by atoms with E-state index >= 15 is 0 Å². The molecule has 102 valence electrons. The molecule has 0 spiro atoms. The number of para-hydroxylation sites is 1. The molecular formula is C13H14N6S. The molecule has 20 heavy (non-hydrogen) atoms. The average Bonchev–Trinajstić information content (AvgIpc) is 3.09. The Kier molecular flexibility index (Phi) is 3.42. The van der Waals surface area contributed by atoms with Crippen LogP contribution in [0.2, 0.25) is 0 Å². The molecule has 6 nitrogen and oxygen atoms in total. The van der Waals surface area contributed by atoms with Crippen LogP contribution in [0.4, 0.5) is 5.95 Å². The van der Waals surface area contributed by atoms with E-state index in [9.17, 15) is 0 Å². The maximum Gasteiger partial charge on any atom is 0.248 e. The number of anilines is 1. The van der Waals surface area contributed by atoms with Crippen molar-refractivity contribution in [1.29, 1.82) is 0 Å². The van der Waals surface area contributed by atoms with Crippen LogP contribution < -0.4 is 5.32 Å². The fourth-order valence-corrected chi connectivity index (χ4v) is 2.62. The third-order valence-electron chi connectivity index (χ3n) is 2.83. The number of thiazole rings is 1. The van der Waals surface area contributed by atoms with E-state index in [-0.39, 0.29) is 6.04 Å². The number of benzene rings is 1. The van der Waals surface area contributed by atoms with E-state index in [0.29, 0.717) is 5.95 Å². The molecule has 0 saturated heterocycles. The second-order valence-electron chi connectivity index (χ2n) is 4.43. The zero-order valence-corrected chi connectivity index (χ0v) is 12.0. The first kappa shape index (κ1) is 12.7. The molecule has 0 radical (unpaired) electrons. The van der Waals surface area contributed by atoms with Crippen LogP contribution in [-0.2, 0) is 0 Å². The van der Waals surface area contributed by atoms with Gasteiger partial charge in [0.25, 0.3) is 0 Å². The Balaban J connectivity index is 1.84. The van der Waals surface area contributed by atoms with E-state index in [2.05, 4.69) is 25.8 Å². The number of aromatic nitrogens is 5. The summed E-state index contributed by atoms with van der Waals surface area (Å²) in [5.41, 5.74) is 0.919. The minimum Gasteiger partial charge on any atom is -0.344 e. The molecule has 0 amide bonds. The summed E-state index contributed by atoms with van der Waals surface area (Å²) < 4.78 is 1.68. The van der Waals surface area contributed by atoms with E-state index in [1.165, 1.54) is 4.88 Å². The minimum absolute atomic E-state index is 0.0576. The quantitative estimate of drug-likeness (QED) is 0.798. The number of tetrazole rings is 1. The Morgan fingerprint density at radius 1 is 1.25 bits per heavy atom. The Morgan fingerprint density at radius 3 is 2.75 bits per heavy atom. The van der Waals surface area contributed by atoms with Crippen molar-refractivity contribution in [3.05, 3.63) is 46.4 Å². The first-order valence-electron chi connectivity index (χ1n) is 6.26. The van der Waals surface area contributed by atoms with Crippen LogP contribution in [-0.4, -0.2) is 25.2 Å². The monoisotopic (exact) mass is 286 g/mol. The average molecular weight is 286 g/mol. The normalized spacial score (nSPS) is 12.3. The van der Waals surface area contributed by atoms with E-state index in [1.807, 2.05) is 50.4 Å². The highest BCUT2D eigenvalue weighted by atomic mass is 32.1. The van der Waals surface area contributed by atoms with Crippen LogP contribution in [0.3, 0.4) is 0 Å². The summed E-state index contributed by atoms with van der Waals surface area (Å²) in [5, 5.41) is 16.1. The number of aryl methyl sites for hydroxylation is 1. The summed E-state index contributed by atoms with van der Waals surface area (Å²) >= 11 is 1.67. The molecule has 2 aromatic heterocycles. The van der Waals surface area contributed by atoms with Crippen molar-refractivity contribution in [3.63, 3.8) is 0 Å². The van der Waals surface area contributed by atoms with E-state index in [1.54, 1.807) is 16.0 Å². The van der Waals surface area contributed by atoms with Gasteiger partial charge < -0.3 is 5.32 Å². The van der Waals surface area contributed by atoms with Crippen molar-refractivity contribution in [1.82, 2.24) is 25.2 Å². The number of hydrogen-bond donors (Lipinski definition) is 1. The second-order valence-corrected chi connectivity index (χ2v) is 5.69. The van der Waals surface area contributed by atoms with Crippen molar-refractivity contribution in [2.45, 2.75) is 19.9 Å². The predicted octanol–water partition coefficient (Wildman–Crippen LogP) is 2.60. The SMILES string of the molecule is Cc1cnc(C(C)Nc2nnnn2-c2ccccc2)s1. The van der Waals surface area contributed by atoms with Crippen LogP contribution in [0.15, 0.2) is 36.5 Å². The summed E-state index contributed by atoms with van der Waals surface area (Å²) in [6.07, 6.45) is 1.87. The van der Waals surface area contributed by atoms with Gasteiger partial charge in [0.05, 0.1) is 11.7 Å². The fraction of sp³-hybridized carbons (Fsp3) is 0.231. The molecule has 3 aromatic rings. The zero-order chi connectivity index (χ0) is 13.9. The first-order valence-corrected chi connectivity index (χ1v) is 7.08. The highest BCUT2D eigenvalue weighted by molar-refractivity contribution is 7.11. The van der Waals surface area contributed by atoms with Gasteiger partial charge in [0, 0.05) is 11.1 Å². The number of rotatable bonds is 4. The second kappa shape index (κ2) is 5.38. The predicted molar refractivity (Wildman–Crippen MR) is 78.0 cm³/mol. The van der Waals surface area contributed by atoms with Gasteiger partial charge in [-0.1, -0.05) is 23.3 Å². The maximum absolute atomic E-state index is 4.38. The number of hydrogen-bond acceptors (Lipinski definition) is 6. The van der Waals surface area contributed by atoms with Crippen LogP contribution in [0, 0.1) is 6.92 Å². The van der Waals surface area contributed by atoms with Gasteiger partial charge in [0.1, 0.15) is 5.01 Å². The van der Waals surface area contributed by atoms with E-state index in [4.69, 9.17) is 0 Å². The van der Waals surface area contributed by atoms with Crippen LogP contribution >= 0.6 is 11.3 Å². The number of nitrogens with zero attached hydrogens (tertiary/aromatic N) is 5. The Hall–Kier alpha value is -2.28. The van der Waals surface area contributed by atoms with Gasteiger partial charge in [-0.25, -0.2) is 4.98 Å². The maximum atomic E-state index is 4.38. The van der Waals surface area contributed by atoms with Gasteiger partial charge in [-0.2, -0.15) is 4.68 Å². The third-order valence-corrected chi connectivity index (χ3v) is 3.92. The lowest BCUT2D eigenvalue weighted by atomic mass is 10.3. The molecule has 3 rings (SSSR count).